The van der Waals surface area contributed by atoms with Gasteiger partial charge in [0.15, 0.2) is 0 Å². The van der Waals surface area contributed by atoms with Crippen LogP contribution >= 0.6 is 11.3 Å². The van der Waals surface area contributed by atoms with E-state index in [1.807, 2.05) is 17.5 Å². The summed E-state index contributed by atoms with van der Waals surface area (Å²) in [7, 11) is 0. The average Bonchev–Trinajstić information content (AvgIpc) is 2.38. The Kier molecular flexibility index (Phi) is 2.86. The third-order valence-electron chi connectivity index (χ3n) is 1.31. The lowest BCUT2D eigenvalue weighted by atomic mass is 10.2. The van der Waals surface area contributed by atoms with Crippen molar-refractivity contribution in [2.45, 2.75) is 12.5 Å². The van der Waals surface area contributed by atoms with E-state index in [1.54, 1.807) is 11.3 Å². The standard InChI is InChI=1S/C7H11NOS/c8-4-3-6(9)7-2-1-5-10-7/h1-2,5-6,9H,3-4,8H2/t6-/m1/s1. The normalized spacial score (nSPS) is 13.4. The van der Waals surface area contributed by atoms with Crippen molar-refractivity contribution in [3.05, 3.63) is 22.4 Å². The molecule has 1 atom stereocenters. The fourth-order valence-electron chi connectivity index (χ4n) is 0.781. The first-order chi connectivity index (χ1) is 4.84. The second-order valence-corrected chi connectivity index (χ2v) is 3.09. The molecule has 0 aliphatic carbocycles. The molecule has 0 aromatic carbocycles. The molecule has 3 N–H and O–H groups in total. The fourth-order valence-corrected chi connectivity index (χ4v) is 1.53. The third-order valence-corrected chi connectivity index (χ3v) is 2.29. The minimum atomic E-state index is -0.356. The molecule has 0 radical (unpaired) electrons. The summed E-state index contributed by atoms with van der Waals surface area (Å²) in [6.07, 6.45) is 0.297. The number of rotatable bonds is 3. The highest BCUT2D eigenvalue weighted by Gasteiger charge is 2.05. The molecular weight excluding hydrogens is 146 g/mol. The van der Waals surface area contributed by atoms with Gasteiger partial charge in [0.25, 0.3) is 0 Å². The van der Waals surface area contributed by atoms with Gasteiger partial charge in [-0.3, -0.25) is 0 Å². The minimum absolute atomic E-state index is 0.356. The maximum Gasteiger partial charge on any atom is 0.0894 e. The molecule has 0 aliphatic rings. The van der Waals surface area contributed by atoms with E-state index >= 15 is 0 Å². The van der Waals surface area contributed by atoms with Gasteiger partial charge in [0.2, 0.25) is 0 Å². The van der Waals surface area contributed by atoms with E-state index in [2.05, 4.69) is 0 Å². The Bertz CT molecular complexity index is 174. The highest BCUT2D eigenvalue weighted by Crippen LogP contribution is 2.20. The van der Waals surface area contributed by atoms with E-state index < -0.39 is 0 Å². The smallest absolute Gasteiger partial charge is 0.0894 e. The van der Waals surface area contributed by atoms with E-state index in [0.717, 1.165) is 4.88 Å². The van der Waals surface area contributed by atoms with Crippen LogP contribution in [0.25, 0.3) is 0 Å². The molecule has 2 nitrogen and oxygen atoms in total. The molecule has 0 amide bonds. The van der Waals surface area contributed by atoms with Crippen molar-refractivity contribution in [3.8, 4) is 0 Å². The molecule has 0 saturated heterocycles. The molecular formula is C7H11NOS. The molecule has 10 heavy (non-hydrogen) atoms. The number of aliphatic hydroxyl groups is 1. The Morgan fingerprint density at radius 2 is 2.50 bits per heavy atom. The van der Waals surface area contributed by atoms with Gasteiger partial charge < -0.3 is 10.8 Å². The first-order valence-electron chi connectivity index (χ1n) is 3.26. The lowest BCUT2D eigenvalue weighted by Crippen LogP contribution is -2.05. The molecule has 1 rings (SSSR count). The Labute approximate surface area is 64.3 Å². The summed E-state index contributed by atoms with van der Waals surface area (Å²) in [6.45, 7) is 0.541. The van der Waals surface area contributed by atoms with Crippen molar-refractivity contribution >= 4 is 11.3 Å². The summed E-state index contributed by atoms with van der Waals surface area (Å²) >= 11 is 1.57. The first kappa shape index (κ1) is 7.72. The summed E-state index contributed by atoms with van der Waals surface area (Å²) in [5.41, 5.74) is 5.28. The van der Waals surface area contributed by atoms with Crippen molar-refractivity contribution < 1.29 is 5.11 Å². The van der Waals surface area contributed by atoms with Gasteiger partial charge in [-0.1, -0.05) is 6.07 Å². The first-order valence-corrected chi connectivity index (χ1v) is 4.14. The van der Waals surface area contributed by atoms with Crippen molar-refractivity contribution in [3.63, 3.8) is 0 Å². The van der Waals surface area contributed by atoms with Crippen LogP contribution in [-0.4, -0.2) is 11.7 Å². The number of hydrogen-bond acceptors (Lipinski definition) is 3. The van der Waals surface area contributed by atoms with Crippen LogP contribution in [-0.2, 0) is 0 Å². The third kappa shape index (κ3) is 1.80. The van der Waals surface area contributed by atoms with Crippen LogP contribution in [0.2, 0.25) is 0 Å². The van der Waals surface area contributed by atoms with Crippen LogP contribution in [0.15, 0.2) is 17.5 Å². The van der Waals surface area contributed by atoms with Gasteiger partial charge in [-0.15, -0.1) is 11.3 Å². The minimum Gasteiger partial charge on any atom is -0.388 e. The molecule has 56 valence electrons. The fraction of sp³-hybridized carbons (Fsp3) is 0.429. The number of thiophene rings is 1. The monoisotopic (exact) mass is 157 g/mol. The van der Waals surface area contributed by atoms with E-state index in [0.29, 0.717) is 13.0 Å². The largest absolute Gasteiger partial charge is 0.388 e. The predicted molar refractivity (Wildman–Crippen MR) is 43.0 cm³/mol. The Hall–Kier alpha value is -0.380. The number of aliphatic hydroxyl groups excluding tert-OH is 1. The van der Waals surface area contributed by atoms with Gasteiger partial charge in [0, 0.05) is 4.88 Å². The summed E-state index contributed by atoms with van der Waals surface area (Å²) in [5, 5.41) is 11.3. The average molecular weight is 157 g/mol. The lowest BCUT2D eigenvalue weighted by molar-refractivity contribution is 0.174. The molecule has 3 heteroatoms. The highest BCUT2D eigenvalue weighted by atomic mass is 32.1. The maximum absolute atomic E-state index is 9.34. The molecule has 0 fully saturated rings. The molecule has 0 unspecified atom stereocenters. The lowest BCUT2D eigenvalue weighted by Gasteiger charge is -2.04. The van der Waals surface area contributed by atoms with Crippen molar-refractivity contribution in [1.29, 1.82) is 0 Å². The van der Waals surface area contributed by atoms with Crippen LogP contribution in [0.1, 0.15) is 17.4 Å². The Balaban J connectivity index is 2.50. The van der Waals surface area contributed by atoms with Gasteiger partial charge >= 0.3 is 0 Å². The van der Waals surface area contributed by atoms with E-state index in [1.165, 1.54) is 0 Å². The van der Waals surface area contributed by atoms with Crippen LogP contribution in [0.3, 0.4) is 0 Å². The van der Waals surface area contributed by atoms with Crippen LogP contribution in [0.4, 0.5) is 0 Å². The van der Waals surface area contributed by atoms with Crippen LogP contribution < -0.4 is 5.73 Å². The molecule has 0 spiro atoms. The van der Waals surface area contributed by atoms with Crippen LogP contribution in [0.5, 0.6) is 0 Å². The molecule has 0 bridgehead atoms. The second kappa shape index (κ2) is 3.71. The van der Waals surface area contributed by atoms with Gasteiger partial charge in [-0.05, 0) is 24.4 Å². The van der Waals surface area contributed by atoms with Crippen LogP contribution in [0, 0.1) is 0 Å². The Morgan fingerprint density at radius 1 is 1.70 bits per heavy atom. The van der Waals surface area contributed by atoms with Gasteiger partial charge in [-0.25, -0.2) is 0 Å². The van der Waals surface area contributed by atoms with Gasteiger partial charge in [-0.2, -0.15) is 0 Å². The number of hydrogen-bond donors (Lipinski definition) is 2. The molecule has 1 aromatic rings. The number of nitrogens with two attached hydrogens (primary N) is 1. The van der Waals surface area contributed by atoms with E-state index in [9.17, 15) is 5.11 Å². The summed E-state index contributed by atoms with van der Waals surface area (Å²) in [4.78, 5) is 1.01. The summed E-state index contributed by atoms with van der Waals surface area (Å²) in [5.74, 6) is 0. The predicted octanol–water partition coefficient (Wildman–Crippen LogP) is 1.13. The second-order valence-electron chi connectivity index (χ2n) is 2.11. The van der Waals surface area contributed by atoms with Gasteiger partial charge in [0.1, 0.15) is 0 Å². The maximum atomic E-state index is 9.34. The Morgan fingerprint density at radius 3 is 3.00 bits per heavy atom. The zero-order chi connectivity index (χ0) is 7.40. The molecule has 0 aliphatic heterocycles. The molecule has 1 heterocycles. The molecule has 1 aromatic heterocycles. The van der Waals surface area contributed by atoms with Crippen molar-refractivity contribution in [1.82, 2.24) is 0 Å². The molecule has 0 saturated carbocycles. The zero-order valence-electron chi connectivity index (χ0n) is 5.66. The zero-order valence-corrected chi connectivity index (χ0v) is 6.47. The van der Waals surface area contributed by atoms with Crippen molar-refractivity contribution in [2.75, 3.05) is 6.54 Å². The highest BCUT2D eigenvalue weighted by molar-refractivity contribution is 7.10. The van der Waals surface area contributed by atoms with E-state index in [4.69, 9.17) is 5.73 Å². The summed E-state index contributed by atoms with van der Waals surface area (Å²) < 4.78 is 0. The van der Waals surface area contributed by atoms with Gasteiger partial charge in [0.05, 0.1) is 6.10 Å². The topological polar surface area (TPSA) is 46.2 Å². The quantitative estimate of drug-likeness (QED) is 0.691. The SMILES string of the molecule is NCC[C@@H](O)c1cccs1. The summed E-state index contributed by atoms with van der Waals surface area (Å²) in [6, 6.07) is 3.85. The van der Waals surface area contributed by atoms with Crippen molar-refractivity contribution in [2.24, 2.45) is 5.73 Å². The van der Waals surface area contributed by atoms with E-state index in [-0.39, 0.29) is 6.10 Å².